The van der Waals surface area contributed by atoms with Crippen molar-refractivity contribution in [1.82, 2.24) is 10.2 Å². The predicted molar refractivity (Wildman–Crippen MR) is 108 cm³/mol. The Balaban J connectivity index is 2.69. The number of aromatic hydroxyl groups is 1. The molecule has 0 saturated carbocycles. The number of piperidine rings is 1. The number of amides is 3. The van der Waals surface area contributed by atoms with E-state index in [2.05, 4.69) is 17.1 Å². The Morgan fingerprint density at radius 1 is 1.36 bits per heavy atom. The van der Waals surface area contributed by atoms with Crippen LogP contribution in [0, 0.1) is 6.92 Å². The van der Waals surface area contributed by atoms with Crippen LogP contribution in [0.1, 0.15) is 57.6 Å². The van der Waals surface area contributed by atoms with Crippen LogP contribution in [0.3, 0.4) is 0 Å². The van der Waals surface area contributed by atoms with Crippen molar-refractivity contribution in [2.45, 2.75) is 70.4 Å². The van der Waals surface area contributed by atoms with Gasteiger partial charge in [0, 0.05) is 17.9 Å². The molecule has 3 unspecified atom stereocenters. The number of hydrogen-bond donors (Lipinski definition) is 4. The first-order valence-electron chi connectivity index (χ1n) is 9.97. The van der Waals surface area contributed by atoms with Gasteiger partial charge in [-0.25, -0.2) is 4.79 Å². The van der Waals surface area contributed by atoms with Gasteiger partial charge < -0.3 is 15.9 Å². The molecule has 0 spiro atoms. The monoisotopic (exact) mass is 391 g/mol. The summed E-state index contributed by atoms with van der Waals surface area (Å²) in [6.07, 6.45) is 1.66. The van der Waals surface area contributed by atoms with E-state index in [1.165, 1.54) is 0 Å². The number of nitrogens with zero attached hydrogens (tertiary/aromatic N) is 1. The second kappa shape index (κ2) is 8.49. The van der Waals surface area contributed by atoms with Gasteiger partial charge in [-0.05, 0) is 63.0 Å². The highest BCUT2D eigenvalue weighted by molar-refractivity contribution is 5.94. The van der Waals surface area contributed by atoms with Crippen LogP contribution >= 0.6 is 0 Å². The van der Waals surface area contributed by atoms with Crippen molar-refractivity contribution in [1.29, 1.82) is 0 Å². The van der Waals surface area contributed by atoms with Gasteiger partial charge in [-0.1, -0.05) is 26.3 Å². The zero-order valence-corrected chi connectivity index (χ0v) is 17.3. The topological polar surface area (TPSA) is 116 Å². The fraction of sp³-hybridized carbons (Fsp3) is 0.619. The summed E-state index contributed by atoms with van der Waals surface area (Å²) >= 11 is 0. The first-order chi connectivity index (χ1) is 13.1. The predicted octanol–water partition coefficient (Wildman–Crippen LogP) is 2.17. The summed E-state index contributed by atoms with van der Waals surface area (Å²) in [5, 5.41) is 24.4. The van der Waals surface area contributed by atoms with Crippen molar-refractivity contribution in [3.05, 3.63) is 29.3 Å². The van der Waals surface area contributed by atoms with Crippen molar-refractivity contribution in [2.75, 3.05) is 13.1 Å². The second-order valence-corrected chi connectivity index (χ2v) is 7.90. The van der Waals surface area contributed by atoms with E-state index in [-0.39, 0.29) is 18.2 Å². The van der Waals surface area contributed by atoms with E-state index < -0.39 is 23.0 Å². The largest absolute Gasteiger partial charge is 0.508 e. The number of nitrogens with one attached hydrogen (secondary N) is 1. The molecule has 0 bridgehead atoms. The summed E-state index contributed by atoms with van der Waals surface area (Å²) < 4.78 is 0. The van der Waals surface area contributed by atoms with Crippen LogP contribution in [0.25, 0.3) is 0 Å². The zero-order valence-electron chi connectivity index (χ0n) is 17.3. The molecule has 1 aromatic carbocycles. The Morgan fingerprint density at radius 2 is 2.04 bits per heavy atom. The molecule has 2 rings (SSSR count). The number of likely N-dealkylation sites (N-methyl/N-ethyl adjacent to an activating group) is 1. The number of nitrogens with two attached hydrogens (primary N) is 1. The van der Waals surface area contributed by atoms with Gasteiger partial charge in [0.2, 0.25) is 5.91 Å². The first-order valence-corrected chi connectivity index (χ1v) is 9.97. The van der Waals surface area contributed by atoms with E-state index in [0.717, 1.165) is 24.1 Å². The maximum absolute atomic E-state index is 12.6. The number of imide groups is 1. The molecule has 0 radical (unpaired) electrons. The molecule has 7 heteroatoms. The van der Waals surface area contributed by atoms with Gasteiger partial charge in [0.15, 0.2) is 0 Å². The molecule has 1 aliphatic rings. The molecule has 28 heavy (non-hydrogen) atoms. The summed E-state index contributed by atoms with van der Waals surface area (Å²) in [6, 6.07) is 3.92. The molecule has 0 aliphatic carbocycles. The van der Waals surface area contributed by atoms with E-state index in [1.807, 2.05) is 20.8 Å². The number of likely N-dealkylation sites (tertiary alicyclic amines) is 1. The average molecular weight is 392 g/mol. The van der Waals surface area contributed by atoms with Gasteiger partial charge in [0.25, 0.3) is 0 Å². The number of phenolic OH excluding ortho intramolecular Hbond substituents is 1. The van der Waals surface area contributed by atoms with E-state index in [0.29, 0.717) is 19.4 Å². The maximum atomic E-state index is 12.6. The quantitative estimate of drug-likeness (QED) is 0.593. The molecular formula is C21H33N3O4. The molecule has 156 valence electrons. The molecule has 0 aromatic heterocycles. The molecule has 3 atom stereocenters. The van der Waals surface area contributed by atoms with Crippen molar-refractivity contribution < 1.29 is 19.8 Å². The molecule has 1 aliphatic heterocycles. The number of benzene rings is 1. The third-order valence-electron chi connectivity index (χ3n) is 6.39. The number of hydrogen-bond acceptors (Lipinski definition) is 5. The van der Waals surface area contributed by atoms with Crippen LogP contribution in [0.2, 0.25) is 0 Å². The van der Waals surface area contributed by atoms with Crippen molar-refractivity contribution in [3.8, 4) is 5.75 Å². The molecule has 3 amide bonds. The summed E-state index contributed by atoms with van der Waals surface area (Å²) in [5.74, 6) is -0.443. The van der Waals surface area contributed by atoms with Crippen molar-refractivity contribution in [2.24, 2.45) is 5.73 Å². The summed E-state index contributed by atoms with van der Waals surface area (Å²) in [5.41, 5.74) is 4.61. The first kappa shape index (κ1) is 22.2. The number of primary amides is 1. The standard InChI is InChI=1S/C21H33N3O4/c1-5-9-21(28)15(4)24(6-2)11-10-20(21,13-18(26)23-19(22)27)17-12-16(25)8-7-14(17)3/h7-8,12,15,25,28H,5-6,9-11,13H2,1-4H3,(H3,22,23,26,27). The summed E-state index contributed by atoms with van der Waals surface area (Å²) in [6.45, 7) is 9.43. The molecule has 1 fully saturated rings. The van der Waals surface area contributed by atoms with Crippen LogP contribution in [-0.4, -0.2) is 51.8 Å². The van der Waals surface area contributed by atoms with Gasteiger partial charge >= 0.3 is 6.03 Å². The van der Waals surface area contributed by atoms with Crippen LogP contribution in [0.15, 0.2) is 18.2 Å². The van der Waals surface area contributed by atoms with E-state index in [1.54, 1.807) is 18.2 Å². The fourth-order valence-corrected chi connectivity index (χ4v) is 4.99. The molecule has 1 aromatic rings. The van der Waals surface area contributed by atoms with E-state index >= 15 is 0 Å². The van der Waals surface area contributed by atoms with Gasteiger partial charge in [-0.2, -0.15) is 0 Å². The van der Waals surface area contributed by atoms with Crippen LogP contribution in [-0.2, 0) is 10.2 Å². The van der Waals surface area contributed by atoms with Crippen LogP contribution < -0.4 is 11.1 Å². The average Bonchev–Trinajstić information content (AvgIpc) is 2.61. The van der Waals surface area contributed by atoms with Crippen molar-refractivity contribution >= 4 is 11.9 Å². The van der Waals surface area contributed by atoms with E-state index in [9.17, 15) is 19.8 Å². The third kappa shape index (κ3) is 3.86. The highest BCUT2D eigenvalue weighted by atomic mass is 16.3. The van der Waals surface area contributed by atoms with Gasteiger partial charge in [0.05, 0.1) is 5.60 Å². The Bertz CT molecular complexity index is 738. The normalized spacial score (nSPS) is 28.1. The lowest BCUT2D eigenvalue weighted by Gasteiger charge is -2.58. The summed E-state index contributed by atoms with van der Waals surface area (Å²) in [4.78, 5) is 26.1. The zero-order chi connectivity index (χ0) is 21.1. The number of rotatable bonds is 6. The van der Waals surface area contributed by atoms with Crippen LogP contribution in [0.4, 0.5) is 4.79 Å². The molecule has 1 heterocycles. The lowest BCUT2D eigenvalue weighted by atomic mass is 9.56. The van der Waals surface area contributed by atoms with Crippen molar-refractivity contribution in [3.63, 3.8) is 0 Å². The minimum absolute atomic E-state index is 0.0831. The molecule has 1 saturated heterocycles. The number of aliphatic hydroxyl groups is 1. The highest BCUT2D eigenvalue weighted by Gasteiger charge is 2.58. The smallest absolute Gasteiger partial charge is 0.318 e. The number of phenols is 1. The Hall–Kier alpha value is -2.12. The third-order valence-corrected chi connectivity index (χ3v) is 6.39. The minimum atomic E-state index is -1.22. The van der Waals surface area contributed by atoms with Crippen LogP contribution in [0.5, 0.6) is 5.75 Å². The number of carbonyl (C=O) groups excluding carboxylic acids is 2. The van der Waals surface area contributed by atoms with Gasteiger partial charge in [0.1, 0.15) is 5.75 Å². The Kier molecular flexibility index (Phi) is 6.72. The molecule has 5 N–H and O–H groups in total. The fourth-order valence-electron chi connectivity index (χ4n) is 4.99. The number of carbonyl (C=O) groups is 2. The van der Waals surface area contributed by atoms with E-state index in [4.69, 9.17) is 5.73 Å². The number of aryl methyl sites for hydroxylation is 1. The highest BCUT2D eigenvalue weighted by Crippen LogP contribution is 2.51. The van der Waals surface area contributed by atoms with Gasteiger partial charge in [-0.3, -0.25) is 15.0 Å². The minimum Gasteiger partial charge on any atom is -0.508 e. The molecular weight excluding hydrogens is 358 g/mol. The summed E-state index contributed by atoms with van der Waals surface area (Å²) in [7, 11) is 0. The SMILES string of the molecule is CCCC1(O)C(C)N(CC)CCC1(CC(=O)NC(N)=O)c1cc(O)ccc1C. The second-order valence-electron chi connectivity index (χ2n) is 7.90. The lowest BCUT2D eigenvalue weighted by Crippen LogP contribution is -2.68. The Labute approximate surface area is 166 Å². The maximum Gasteiger partial charge on any atom is 0.318 e. The number of urea groups is 1. The lowest BCUT2D eigenvalue weighted by molar-refractivity contribution is -0.150. The molecule has 7 nitrogen and oxygen atoms in total. The Morgan fingerprint density at radius 3 is 2.61 bits per heavy atom. The van der Waals surface area contributed by atoms with Gasteiger partial charge in [-0.15, -0.1) is 0 Å².